The van der Waals surface area contributed by atoms with E-state index in [1.807, 2.05) is 19.9 Å². The van der Waals surface area contributed by atoms with Gasteiger partial charge in [0.05, 0.1) is 13.7 Å². The Morgan fingerprint density at radius 1 is 1.45 bits per heavy atom. The lowest BCUT2D eigenvalue weighted by atomic mass is 10.1. The first-order valence-electron chi connectivity index (χ1n) is 6.81. The predicted octanol–water partition coefficient (Wildman–Crippen LogP) is 2.83. The van der Waals surface area contributed by atoms with Crippen LogP contribution in [0.4, 0.5) is 4.39 Å². The Bertz CT molecular complexity index is 437. The number of carbonyl (C=O) groups is 1. The molecule has 1 rings (SSSR count). The van der Waals surface area contributed by atoms with Crippen molar-refractivity contribution in [2.75, 3.05) is 20.3 Å². The van der Waals surface area contributed by atoms with Crippen LogP contribution in [0.1, 0.15) is 38.3 Å². The summed E-state index contributed by atoms with van der Waals surface area (Å²) in [5.41, 5.74) is 0.881. The highest BCUT2D eigenvalue weighted by Crippen LogP contribution is 2.22. The summed E-state index contributed by atoms with van der Waals surface area (Å²) in [6.45, 7) is 5.10. The molecule has 112 valence electrons. The predicted molar refractivity (Wildman–Crippen MR) is 75.2 cm³/mol. The number of rotatable bonds is 8. The number of hydrogen-bond donors (Lipinski definition) is 1. The van der Waals surface area contributed by atoms with Gasteiger partial charge in [0.25, 0.3) is 0 Å². The molecule has 1 N–H and O–H groups in total. The van der Waals surface area contributed by atoms with Crippen LogP contribution >= 0.6 is 0 Å². The average molecular weight is 283 g/mol. The van der Waals surface area contributed by atoms with Crippen molar-refractivity contribution in [3.05, 3.63) is 29.6 Å². The van der Waals surface area contributed by atoms with Gasteiger partial charge in [0.1, 0.15) is 0 Å². The molecule has 0 spiro atoms. The van der Waals surface area contributed by atoms with E-state index in [1.165, 1.54) is 13.2 Å². The van der Waals surface area contributed by atoms with E-state index in [9.17, 15) is 9.18 Å². The van der Waals surface area contributed by atoms with Gasteiger partial charge >= 0.3 is 5.97 Å². The second-order valence-electron chi connectivity index (χ2n) is 4.50. The molecule has 0 aromatic heterocycles. The first kappa shape index (κ1) is 16.4. The van der Waals surface area contributed by atoms with E-state index >= 15 is 0 Å². The van der Waals surface area contributed by atoms with Crippen LogP contribution in [0, 0.1) is 5.82 Å². The molecule has 0 saturated heterocycles. The van der Waals surface area contributed by atoms with Crippen molar-refractivity contribution in [3.8, 4) is 5.75 Å². The zero-order valence-corrected chi connectivity index (χ0v) is 12.2. The molecule has 1 unspecified atom stereocenters. The van der Waals surface area contributed by atoms with Crippen molar-refractivity contribution in [3.63, 3.8) is 0 Å². The number of benzene rings is 1. The van der Waals surface area contributed by atoms with E-state index in [2.05, 4.69) is 10.1 Å². The van der Waals surface area contributed by atoms with Crippen LogP contribution in [-0.2, 0) is 9.53 Å². The lowest BCUT2D eigenvalue weighted by Crippen LogP contribution is -2.17. The number of halogens is 1. The molecule has 0 aliphatic carbocycles. The van der Waals surface area contributed by atoms with Crippen LogP contribution in [0.3, 0.4) is 0 Å². The number of hydrogen-bond acceptors (Lipinski definition) is 4. The number of ether oxygens (including phenoxy) is 2. The first-order chi connectivity index (χ1) is 9.58. The molecule has 0 radical (unpaired) electrons. The summed E-state index contributed by atoms with van der Waals surface area (Å²) < 4.78 is 23.7. The Morgan fingerprint density at radius 3 is 2.80 bits per heavy atom. The third kappa shape index (κ3) is 5.17. The number of methoxy groups -OCH3 is 1. The highest BCUT2D eigenvalue weighted by atomic mass is 19.1. The second-order valence-corrected chi connectivity index (χ2v) is 4.50. The molecule has 0 heterocycles. The van der Waals surface area contributed by atoms with Crippen molar-refractivity contribution in [1.29, 1.82) is 0 Å². The van der Waals surface area contributed by atoms with Gasteiger partial charge < -0.3 is 14.8 Å². The Labute approximate surface area is 119 Å². The molecule has 20 heavy (non-hydrogen) atoms. The zero-order chi connectivity index (χ0) is 15.0. The summed E-state index contributed by atoms with van der Waals surface area (Å²) in [5, 5.41) is 3.22. The molecule has 0 bridgehead atoms. The standard InChI is InChI=1S/C15H22FNO3/c1-4-17-11(2)12-7-8-14(13(16)10-12)20-9-5-6-15(18)19-3/h7-8,10-11,17H,4-6,9H2,1-3H3. The molecule has 0 fully saturated rings. The van der Waals surface area contributed by atoms with Gasteiger partial charge in [-0.3, -0.25) is 4.79 Å². The molecule has 0 saturated carbocycles. The highest BCUT2D eigenvalue weighted by Gasteiger charge is 2.09. The van der Waals surface area contributed by atoms with Gasteiger partial charge in [0.2, 0.25) is 0 Å². The van der Waals surface area contributed by atoms with Gasteiger partial charge in [0.15, 0.2) is 11.6 Å². The Kier molecular flexibility index (Phi) is 7.01. The van der Waals surface area contributed by atoms with Gasteiger partial charge in [-0.05, 0) is 37.6 Å². The van der Waals surface area contributed by atoms with Gasteiger partial charge in [-0.15, -0.1) is 0 Å². The quantitative estimate of drug-likeness (QED) is 0.588. The lowest BCUT2D eigenvalue weighted by molar-refractivity contribution is -0.140. The summed E-state index contributed by atoms with van der Waals surface area (Å²) in [6, 6.07) is 5.04. The van der Waals surface area contributed by atoms with Crippen LogP contribution in [0.25, 0.3) is 0 Å². The maximum Gasteiger partial charge on any atom is 0.305 e. The van der Waals surface area contributed by atoms with Crippen molar-refractivity contribution >= 4 is 5.97 Å². The fraction of sp³-hybridized carbons (Fsp3) is 0.533. The topological polar surface area (TPSA) is 47.6 Å². The summed E-state index contributed by atoms with van der Waals surface area (Å²) >= 11 is 0. The summed E-state index contributed by atoms with van der Waals surface area (Å²) in [6.07, 6.45) is 0.773. The molecule has 1 aromatic carbocycles. The summed E-state index contributed by atoms with van der Waals surface area (Å²) in [5.74, 6) is -0.462. The fourth-order valence-corrected chi connectivity index (χ4v) is 1.83. The van der Waals surface area contributed by atoms with Gasteiger partial charge in [-0.2, -0.15) is 0 Å². The third-order valence-corrected chi connectivity index (χ3v) is 2.98. The molecule has 5 heteroatoms. The summed E-state index contributed by atoms with van der Waals surface area (Å²) in [4.78, 5) is 10.9. The van der Waals surface area contributed by atoms with E-state index in [0.29, 0.717) is 6.42 Å². The monoisotopic (exact) mass is 283 g/mol. The van der Waals surface area contributed by atoms with Crippen molar-refractivity contribution < 1.29 is 18.7 Å². The van der Waals surface area contributed by atoms with Crippen molar-refractivity contribution in [2.24, 2.45) is 0 Å². The highest BCUT2D eigenvalue weighted by molar-refractivity contribution is 5.69. The molecule has 0 aliphatic heterocycles. The van der Waals surface area contributed by atoms with E-state index < -0.39 is 0 Å². The van der Waals surface area contributed by atoms with Crippen LogP contribution < -0.4 is 10.1 Å². The van der Waals surface area contributed by atoms with Gasteiger partial charge in [-0.25, -0.2) is 4.39 Å². The summed E-state index contributed by atoms with van der Waals surface area (Å²) in [7, 11) is 1.34. The molecular formula is C15H22FNO3. The maximum absolute atomic E-state index is 13.9. The SMILES string of the molecule is CCNC(C)c1ccc(OCCCC(=O)OC)c(F)c1. The van der Waals surface area contributed by atoms with Gasteiger partial charge in [0, 0.05) is 12.5 Å². The van der Waals surface area contributed by atoms with Gasteiger partial charge in [-0.1, -0.05) is 13.0 Å². The molecule has 0 aliphatic rings. The Balaban J connectivity index is 2.49. The lowest BCUT2D eigenvalue weighted by Gasteiger charge is -2.14. The minimum atomic E-state index is -0.384. The molecule has 4 nitrogen and oxygen atoms in total. The van der Waals surface area contributed by atoms with Crippen LogP contribution in [0.2, 0.25) is 0 Å². The second kappa shape index (κ2) is 8.53. The smallest absolute Gasteiger partial charge is 0.305 e. The Hall–Kier alpha value is -1.62. The van der Waals surface area contributed by atoms with Crippen molar-refractivity contribution in [1.82, 2.24) is 5.32 Å². The average Bonchev–Trinajstić information content (AvgIpc) is 2.44. The molecule has 1 atom stereocenters. The van der Waals surface area contributed by atoms with Crippen LogP contribution in [0.5, 0.6) is 5.75 Å². The van der Waals surface area contributed by atoms with Crippen LogP contribution in [-0.4, -0.2) is 26.2 Å². The number of carbonyl (C=O) groups excluding carboxylic acids is 1. The number of nitrogens with one attached hydrogen (secondary N) is 1. The maximum atomic E-state index is 13.9. The van der Waals surface area contributed by atoms with E-state index in [-0.39, 0.29) is 36.6 Å². The first-order valence-corrected chi connectivity index (χ1v) is 6.81. The van der Waals surface area contributed by atoms with Crippen molar-refractivity contribution in [2.45, 2.75) is 32.7 Å². The molecule has 1 aromatic rings. The van der Waals surface area contributed by atoms with E-state index in [1.54, 1.807) is 6.07 Å². The minimum absolute atomic E-state index is 0.0999. The molecular weight excluding hydrogens is 261 g/mol. The Morgan fingerprint density at radius 2 is 2.20 bits per heavy atom. The number of esters is 1. The normalized spacial score (nSPS) is 12.0. The minimum Gasteiger partial charge on any atom is -0.491 e. The van der Waals surface area contributed by atoms with E-state index in [4.69, 9.17) is 4.74 Å². The largest absolute Gasteiger partial charge is 0.491 e. The fourth-order valence-electron chi connectivity index (χ4n) is 1.83. The van der Waals surface area contributed by atoms with Crippen LogP contribution in [0.15, 0.2) is 18.2 Å². The molecule has 0 amide bonds. The van der Waals surface area contributed by atoms with E-state index in [0.717, 1.165) is 12.1 Å². The third-order valence-electron chi connectivity index (χ3n) is 2.98. The zero-order valence-electron chi connectivity index (χ0n) is 12.2.